The van der Waals surface area contributed by atoms with Crippen LogP contribution in [0.5, 0.6) is 0 Å². The van der Waals surface area contributed by atoms with Crippen LogP contribution in [0.3, 0.4) is 0 Å². The Morgan fingerprint density at radius 1 is 0.613 bits per heavy atom. The normalized spacial score (nSPS) is 10.7. The first-order valence-corrected chi connectivity index (χ1v) is 12.6. The van der Waals surface area contributed by atoms with Crippen LogP contribution in [0.1, 0.15) is 109 Å². The van der Waals surface area contributed by atoms with E-state index >= 15 is 0 Å². The molecule has 0 N–H and O–H groups in total. The van der Waals surface area contributed by atoms with Gasteiger partial charge in [0.05, 0.1) is 13.2 Å². The van der Waals surface area contributed by atoms with E-state index in [2.05, 4.69) is 6.92 Å². The molecular weight excluding hydrogens is 388 g/mol. The summed E-state index contributed by atoms with van der Waals surface area (Å²) in [6.07, 6.45) is 17.3. The van der Waals surface area contributed by atoms with Crippen LogP contribution in [0.15, 0.2) is 30.3 Å². The first kappa shape index (κ1) is 27.2. The van der Waals surface area contributed by atoms with E-state index in [1.807, 2.05) is 30.3 Å². The molecule has 0 atom stereocenters. The lowest BCUT2D eigenvalue weighted by molar-refractivity contribution is -0.145. The first-order valence-electron chi connectivity index (χ1n) is 12.6. The highest BCUT2D eigenvalue weighted by molar-refractivity contribution is 5.72. The van der Waals surface area contributed by atoms with Crippen molar-refractivity contribution in [3.63, 3.8) is 0 Å². The van der Waals surface area contributed by atoms with Crippen molar-refractivity contribution in [2.45, 2.75) is 110 Å². The topological polar surface area (TPSA) is 52.6 Å². The van der Waals surface area contributed by atoms with Gasteiger partial charge in [0.25, 0.3) is 0 Å². The zero-order valence-corrected chi connectivity index (χ0v) is 19.7. The van der Waals surface area contributed by atoms with Gasteiger partial charge in [0.2, 0.25) is 0 Å². The third-order valence-corrected chi connectivity index (χ3v) is 5.52. The zero-order chi connectivity index (χ0) is 22.4. The lowest BCUT2D eigenvalue weighted by Gasteiger charge is -2.06. The fraction of sp³-hybridized carbons (Fsp3) is 0.704. The molecule has 0 amide bonds. The van der Waals surface area contributed by atoms with Crippen LogP contribution in [-0.4, -0.2) is 25.2 Å². The smallest absolute Gasteiger partial charge is 0.305 e. The molecule has 4 heteroatoms. The van der Waals surface area contributed by atoms with Crippen LogP contribution in [0, 0.1) is 0 Å². The molecule has 0 aromatic heterocycles. The van der Waals surface area contributed by atoms with Gasteiger partial charge in [0.15, 0.2) is 0 Å². The monoisotopic (exact) mass is 432 g/mol. The quantitative estimate of drug-likeness (QED) is 0.162. The molecule has 1 rings (SSSR count). The number of carbonyl (C=O) groups is 2. The molecule has 0 spiro atoms. The molecule has 0 aliphatic rings. The van der Waals surface area contributed by atoms with Crippen LogP contribution >= 0.6 is 0 Å². The molecule has 0 fully saturated rings. The summed E-state index contributed by atoms with van der Waals surface area (Å²) in [5, 5.41) is 0. The molecule has 0 saturated heterocycles. The van der Waals surface area contributed by atoms with E-state index in [4.69, 9.17) is 9.47 Å². The van der Waals surface area contributed by atoms with E-state index in [1.54, 1.807) is 0 Å². The maximum Gasteiger partial charge on any atom is 0.305 e. The molecule has 4 nitrogen and oxygen atoms in total. The third kappa shape index (κ3) is 17.5. The van der Waals surface area contributed by atoms with Gasteiger partial charge in [-0.2, -0.15) is 0 Å². The maximum atomic E-state index is 11.8. The van der Waals surface area contributed by atoms with Crippen molar-refractivity contribution < 1.29 is 19.1 Å². The minimum absolute atomic E-state index is 0.208. The summed E-state index contributed by atoms with van der Waals surface area (Å²) >= 11 is 0. The Morgan fingerprint density at radius 3 is 1.65 bits per heavy atom. The molecule has 0 radical (unpaired) electrons. The van der Waals surface area contributed by atoms with Gasteiger partial charge in [-0.3, -0.25) is 9.59 Å². The number of benzene rings is 1. The lowest BCUT2D eigenvalue weighted by Crippen LogP contribution is -2.10. The fourth-order valence-corrected chi connectivity index (χ4v) is 3.58. The molecule has 0 aliphatic heterocycles. The van der Waals surface area contributed by atoms with Crippen molar-refractivity contribution in [3.8, 4) is 0 Å². The molecular formula is C27H44O4. The predicted molar refractivity (Wildman–Crippen MR) is 127 cm³/mol. The first-order chi connectivity index (χ1) is 15.2. The highest BCUT2D eigenvalue weighted by atomic mass is 16.5. The fourth-order valence-electron chi connectivity index (χ4n) is 3.58. The molecule has 0 unspecified atom stereocenters. The average Bonchev–Trinajstić information content (AvgIpc) is 2.77. The molecule has 1 aromatic carbocycles. The Kier molecular flexibility index (Phi) is 17.6. The summed E-state index contributed by atoms with van der Waals surface area (Å²) in [5.74, 6) is -0.454. The summed E-state index contributed by atoms with van der Waals surface area (Å²) in [6, 6.07) is 9.94. The molecule has 0 saturated carbocycles. The molecule has 0 bridgehead atoms. The average molecular weight is 433 g/mol. The zero-order valence-electron chi connectivity index (χ0n) is 19.7. The van der Waals surface area contributed by atoms with Gasteiger partial charge < -0.3 is 9.47 Å². The molecule has 0 heterocycles. The van der Waals surface area contributed by atoms with Crippen molar-refractivity contribution in [3.05, 3.63) is 35.9 Å². The molecule has 31 heavy (non-hydrogen) atoms. The van der Waals surface area contributed by atoms with E-state index in [0.717, 1.165) is 18.4 Å². The van der Waals surface area contributed by atoms with Gasteiger partial charge in [-0.1, -0.05) is 108 Å². The highest BCUT2D eigenvalue weighted by Gasteiger charge is 2.07. The van der Waals surface area contributed by atoms with Crippen LogP contribution in [0.25, 0.3) is 0 Å². The van der Waals surface area contributed by atoms with Crippen molar-refractivity contribution in [2.24, 2.45) is 0 Å². The van der Waals surface area contributed by atoms with Gasteiger partial charge >= 0.3 is 11.9 Å². The lowest BCUT2D eigenvalue weighted by atomic mass is 10.1. The Balaban J connectivity index is 1.82. The Morgan fingerprint density at radius 2 is 1.10 bits per heavy atom. The molecule has 176 valence electrons. The van der Waals surface area contributed by atoms with Crippen LogP contribution < -0.4 is 0 Å². The largest absolute Gasteiger partial charge is 0.466 e. The second-order valence-corrected chi connectivity index (χ2v) is 8.42. The summed E-state index contributed by atoms with van der Waals surface area (Å²) in [6.45, 7) is 3.14. The van der Waals surface area contributed by atoms with Crippen molar-refractivity contribution in [2.75, 3.05) is 13.2 Å². The van der Waals surface area contributed by atoms with E-state index < -0.39 is 0 Å². The summed E-state index contributed by atoms with van der Waals surface area (Å²) in [4.78, 5) is 23.5. The Hall–Kier alpha value is -1.84. The minimum atomic E-state index is -0.246. The summed E-state index contributed by atoms with van der Waals surface area (Å²) in [5.41, 5.74) is 1.15. The van der Waals surface area contributed by atoms with Crippen molar-refractivity contribution in [1.29, 1.82) is 0 Å². The number of esters is 2. The number of carbonyl (C=O) groups excluding carboxylic acids is 2. The van der Waals surface area contributed by atoms with Gasteiger partial charge in [-0.05, 0) is 18.4 Å². The van der Waals surface area contributed by atoms with Crippen LogP contribution in [0.2, 0.25) is 0 Å². The van der Waals surface area contributed by atoms with Crippen molar-refractivity contribution in [1.82, 2.24) is 0 Å². The van der Waals surface area contributed by atoms with Gasteiger partial charge in [-0.25, -0.2) is 0 Å². The number of rotatable bonds is 20. The number of ether oxygens (including phenoxy) is 2. The second kappa shape index (κ2) is 20.1. The van der Waals surface area contributed by atoms with Crippen molar-refractivity contribution >= 4 is 11.9 Å². The molecule has 1 aromatic rings. The van der Waals surface area contributed by atoms with Crippen LogP contribution in [-0.2, 0) is 25.5 Å². The van der Waals surface area contributed by atoms with Crippen LogP contribution in [0.4, 0.5) is 0 Å². The number of unbranched alkanes of at least 4 members (excludes halogenated alkanes) is 11. The van der Waals surface area contributed by atoms with Gasteiger partial charge in [0.1, 0.15) is 0 Å². The Bertz CT molecular complexity index is 556. The maximum absolute atomic E-state index is 11.8. The van der Waals surface area contributed by atoms with Gasteiger partial charge in [0, 0.05) is 19.3 Å². The predicted octanol–water partition coefficient (Wildman–Crippen LogP) is 7.19. The number of hydrogen-bond acceptors (Lipinski definition) is 4. The summed E-state index contributed by atoms with van der Waals surface area (Å²) in [7, 11) is 0. The molecule has 0 aliphatic carbocycles. The standard InChI is InChI=1S/C27H44O4/c1-2-3-4-5-6-7-8-9-10-11-12-16-23-30-26(28)20-17-21-27(29)31-24-22-25-18-14-13-15-19-25/h13-15,18-19H,2-12,16-17,20-24H2,1H3. The number of hydrogen-bond donors (Lipinski definition) is 0. The Labute approximate surface area is 190 Å². The van der Waals surface area contributed by atoms with E-state index in [9.17, 15) is 9.59 Å². The van der Waals surface area contributed by atoms with Gasteiger partial charge in [-0.15, -0.1) is 0 Å². The minimum Gasteiger partial charge on any atom is -0.466 e. The highest BCUT2D eigenvalue weighted by Crippen LogP contribution is 2.12. The SMILES string of the molecule is CCCCCCCCCCCCCCOC(=O)CCCC(=O)OCCc1ccccc1. The van der Waals surface area contributed by atoms with E-state index in [-0.39, 0.29) is 24.8 Å². The van der Waals surface area contributed by atoms with E-state index in [1.165, 1.54) is 64.2 Å². The third-order valence-electron chi connectivity index (χ3n) is 5.52. The summed E-state index contributed by atoms with van der Waals surface area (Å²) < 4.78 is 10.5. The second-order valence-electron chi connectivity index (χ2n) is 8.42. The van der Waals surface area contributed by atoms with E-state index in [0.29, 0.717) is 26.1 Å².